The number of nitrogens with two attached hydrogens (primary N) is 2. The molecule has 0 radical (unpaired) electrons. The number of hydrogen-bond donors (Lipinski definition) is 3. The van der Waals surface area contributed by atoms with Crippen LogP contribution in [0.25, 0.3) is 0 Å². The van der Waals surface area contributed by atoms with E-state index in [1.807, 2.05) is 27.7 Å². The van der Waals surface area contributed by atoms with Crippen molar-refractivity contribution in [2.45, 2.75) is 39.8 Å². The van der Waals surface area contributed by atoms with Crippen molar-refractivity contribution in [3.05, 3.63) is 0 Å². The van der Waals surface area contributed by atoms with E-state index in [-0.39, 0.29) is 35.0 Å². The Kier molecular flexibility index (Phi) is 8.52. The van der Waals surface area contributed by atoms with Gasteiger partial charge in [0.25, 0.3) is 0 Å². The molecule has 0 amide bonds. The number of rotatable bonds is 2. The summed E-state index contributed by atoms with van der Waals surface area (Å²) < 4.78 is 0. The van der Waals surface area contributed by atoms with Crippen LogP contribution in [0.3, 0.4) is 0 Å². The highest BCUT2D eigenvalue weighted by Crippen LogP contribution is 1.89. The van der Waals surface area contributed by atoms with Crippen molar-refractivity contribution in [3.63, 3.8) is 0 Å². The predicted octanol–water partition coefficient (Wildman–Crippen LogP) is 0.600. The quantitative estimate of drug-likeness (QED) is 0.505. The van der Waals surface area contributed by atoms with Gasteiger partial charge in [0.2, 0.25) is 5.96 Å². The maximum atomic E-state index is 5.25. The Hall–Kier alpha value is -0.780. The van der Waals surface area contributed by atoms with Crippen molar-refractivity contribution < 1.29 is 0 Å². The molecule has 5 nitrogen and oxygen atoms in total. The van der Waals surface area contributed by atoms with E-state index in [2.05, 4.69) is 15.3 Å². The molecule has 0 aliphatic carbocycles. The fraction of sp³-hybridized carbons (Fsp3) is 0.750. The Morgan fingerprint density at radius 3 is 1.93 bits per heavy atom. The second-order valence-corrected chi connectivity index (χ2v) is 3.38. The monoisotopic (exact) mass is 265 g/mol. The van der Waals surface area contributed by atoms with E-state index in [0.717, 1.165) is 0 Å². The predicted molar refractivity (Wildman–Crippen MR) is 67.0 cm³/mol. The first-order chi connectivity index (χ1) is 5.91. The number of halogens is 1. The minimum Gasteiger partial charge on any atom is -0.370 e. The first kappa shape index (κ1) is 15.7. The van der Waals surface area contributed by atoms with Crippen LogP contribution in [0.5, 0.6) is 0 Å². The third-order valence-corrected chi connectivity index (χ3v) is 1.03. The lowest BCUT2D eigenvalue weighted by Gasteiger charge is -2.10. The minimum atomic E-state index is 0. The molecule has 6 heteroatoms. The molecule has 0 aliphatic heterocycles. The summed E-state index contributed by atoms with van der Waals surface area (Å²) in [5.74, 6) is 0.512. The van der Waals surface area contributed by atoms with Gasteiger partial charge in [-0.2, -0.15) is 4.99 Å². The SMILES string of the molecule is Br.CC(C)N=C(N=C(N)N)NC(C)C. The zero-order valence-electron chi connectivity index (χ0n) is 9.11. The zero-order valence-corrected chi connectivity index (χ0v) is 10.8. The lowest BCUT2D eigenvalue weighted by atomic mass is 10.4. The van der Waals surface area contributed by atoms with Gasteiger partial charge in [-0.05, 0) is 27.7 Å². The number of guanidine groups is 2. The molecule has 0 aromatic heterocycles. The first-order valence-corrected chi connectivity index (χ1v) is 4.35. The summed E-state index contributed by atoms with van der Waals surface area (Å²) >= 11 is 0. The van der Waals surface area contributed by atoms with E-state index in [0.29, 0.717) is 5.96 Å². The van der Waals surface area contributed by atoms with Gasteiger partial charge in [0.15, 0.2) is 5.96 Å². The Morgan fingerprint density at radius 1 is 1.14 bits per heavy atom. The maximum absolute atomic E-state index is 5.25. The molecule has 5 N–H and O–H groups in total. The van der Waals surface area contributed by atoms with Gasteiger partial charge in [-0.25, -0.2) is 4.99 Å². The molecule has 0 aromatic rings. The Bertz CT molecular complexity index is 206. The topological polar surface area (TPSA) is 88.8 Å². The fourth-order valence-corrected chi connectivity index (χ4v) is 0.723. The van der Waals surface area contributed by atoms with Crippen molar-refractivity contribution >= 4 is 28.9 Å². The third-order valence-electron chi connectivity index (χ3n) is 1.03. The molecule has 0 aromatic carbocycles. The largest absolute Gasteiger partial charge is 0.370 e. The van der Waals surface area contributed by atoms with Crippen LogP contribution >= 0.6 is 17.0 Å². The normalized spacial score (nSPS) is 11.1. The van der Waals surface area contributed by atoms with Gasteiger partial charge in [0, 0.05) is 12.1 Å². The average Bonchev–Trinajstić information content (AvgIpc) is 1.80. The summed E-state index contributed by atoms with van der Waals surface area (Å²) in [5.41, 5.74) is 10.5. The van der Waals surface area contributed by atoms with E-state index in [1.165, 1.54) is 0 Å². The standard InChI is InChI=1S/C8H19N5.BrH/c1-5(2)11-8(12-6(3)4)13-7(9)10;/h5-6H,1-4H3,(H5,9,10,11,12,13);1H. The smallest absolute Gasteiger partial charge is 0.221 e. The van der Waals surface area contributed by atoms with E-state index in [1.54, 1.807) is 0 Å². The highest BCUT2D eigenvalue weighted by molar-refractivity contribution is 8.93. The van der Waals surface area contributed by atoms with Gasteiger partial charge in [-0.1, -0.05) is 0 Å². The summed E-state index contributed by atoms with van der Waals surface area (Å²) in [5, 5.41) is 3.04. The van der Waals surface area contributed by atoms with Crippen molar-refractivity contribution in [1.82, 2.24) is 5.32 Å². The molecule has 0 unspecified atom stereocenters. The maximum Gasteiger partial charge on any atom is 0.221 e. The molecular formula is C8H20BrN5. The zero-order chi connectivity index (χ0) is 10.4. The molecule has 0 saturated carbocycles. The van der Waals surface area contributed by atoms with Gasteiger partial charge < -0.3 is 16.8 Å². The van der Waals surface area contributed by atoms with Crippen LogP contribution < -0.4 is 16.8 Å². The Labute approximate surface area is 95.8 Å². The molecule has 0 spiro atoms. The number of aliphatic imine (C=N–C) groups is 2. The molecule has 0 saturated heterocycles. The van der Waals surface area contributed by atoms with Gasteiger partial charge >= 0.3 is 0 Å². The van der Waals surface area contributed by atoms with Crippen LogP contribution in [0, 0.1) is 0 Å². The summed E-state index contributed by atoms with van der Waals surface area (Å²) in [6.45, 7) is 7.92. The summed E-state index contributed by atoms with van der Waals surface area (Å²) in [4.78, 5) is 8.08. The Morgan fingerprint density at radius 2 is 1.64 bits per heavy atom. The van der Waals surface area contributed by atoms with Crippen LogP contribution in [0.2, 0.25) is 0 Å². The molecule has 84 valence electrons. The van der Waals surface area contributed by atoms with E-state index < -0.39 is 0 Å². The van der Waals surface area contributed by atoms with Gasteiger partial charge in [0.1, 0.15) is 0 Å². The summed E-state index contributed by atoms with van der Waals surface area (Å²) in [6.07, 6.45) is 0. The first-order valence-electron chi connectivity index (χ1n) is 4.35. The summed E-state index contributed by atoms with van der Waals surface area (Å²) in [6, 6.07) is 0.435. The average molecular weight is 266 g/mol. The molecular weight excluding hydrogens is 246 g/mol. The molecule has 14 heavy (non-hydrogen) atoms. The second-order valence-electron chi connectivity index (χ2n) is 3.38. The molecule has 0 aliphatic rings. The second kappa shape index (κ2) is 7.61. The van der Waals surface area contributed by atoms with Gasteiger partial charge in [-0.3, -0.25) is 0 Å². The summed E-state index contributed by atoms with van der Waals surface area (Å²) in [7, 11) is 0. The van der Waals surface area contributed by atoms with Crippen molar-refractivity contribution in [1.29, 1.82) is 0 Å². The molecule has 0 fully saturated rings. The minimum absolute atomic E-state index is 0. The van der Waals surface area contributed by atoms with Crippen LogP contribution in [-0.4, -0.2) is 24.0 Å². The Balaban J connectivity index is 0. The van der Waals surface area contributed by atoms with Crippen LogP contribution in [0.4, 0.5) is 0 Å². The molecule has 0 heterocycles. The molecule has 0 atom stereocenters. The van der Waals surface area contributed by atoms with Crippen LogP contribution in [0.1, 0.15) is 27.7 Å². The van der Waals surface area contributed by atoms with Gasteiger partial charge in [-0.15, -0.1) is 17.0 Å². The fourth-order valence-electron chi connectivity index (χ4n) is 0.723. The number of nitrogens with zero attached hydrogens (tertiary/aromatic N) is 2. The lowest BCUT2D eigenvalue weighted by molar-refractivity contribution is 0.713. The van der Waals surface area contributed by atoms with Gasteiger partial charge in [0.05, 0.1) is 0 Å². The van der Waals surface area contributed by atoms with E-state index in [9.17, 15) is 0 Å². The van der Waals surface area contributed by atoms with E-state index >= 15 is 0 Å². The highest BCUT2D eigenvalue weighted by atomic mass is 79.9. The van der Waals surface area contributed by atoms with Crippen molar-refractivity contribution in [2.24, 2.45) is 21.5 Å². The molecule has 0 rings (SSSR count). The lowest BCUT2D eigenvalue weighted by Crippen LogP contribution is -2.33. The van der Waals surface area contributed by atoms with Crippen molar-refractivity contribution in [2.75, 3.05) is 0 Å². The van der Waals surface area contributed by atoms with E-state index in [4.69, 9.17) is 11.5 Å². The van der Waals surface area contributed by atoms with Crippen LogP contribution in [0.15, 0.2) is 9.98 Å². The number of nitrogens with one attached hydrogen (secondary N) is 1. The molecule has 0 bridgehead atoms. The highest BCUT2D eigenvalue weighted by Gasteiger charge is 2.00. The number of hydrogen-bond acceptors (Lipinski definition) is 1. The third kappa shape index (κ3) is 9.31. The van der Waals surface area contributed by atoms with Crippen molar-refractivity contribution in [3.8, 4) is 0 Å². The van der Waals surface area contributed by atoms with Crippen LogP contribution in [-0.2, 0) is 0 Å².